The van der Waals surface area contributed by atoms with E-state index < -0.39 is 26.7 Å². The Labute approximate surface area is 205 Å². The third kappa shape index (κ3) is 4.43. The molecule has 3 heterocycles. The van der Waals surface area contributed by atoms with Gasteiger partial charge in [-0.25, -0.2) is 13.1 Å². The van der Waals surface area contributed by atoms with E-state index in [1.807, 2.05) is 6.07 Å². The summed E-state index contributed by atoms with van der Waals surface area (Å²) in [5, 5.41) is 7.98. The maximum Gasteiger partial charge on any atom is 0.256 e. The van der Waals surface area contributed by atoms with Crippen LogP contribution in [0.2, 0.25) is 5.02 Å². The zero-order chi connectivity index (χ0) is 23.9. The van der Waals surface area contributed by atoms with Crippen LogP contribution in [0.3, 0.4) is 0 Å². The molecule has 0 bridgehead atoms. The normalized spacial score (nSPS) is 18.6. The van der Waals surface area contributed by atoms with Gasteiger partial charge in [-0.05, 0) is 55.3 Å². The largest absolute Gasteiger partial charge is 0.306 e. The Balaban J connectivity index is 1.42. The topological polar surface area (TPSA) is 101 Å². The highest BCUT2D eigenvalue weighted by Crippen LogP contribution is 2.32. The summed E-state index contributed by atoms with van der Waals surface area (Å²) in [4.78, 5) is 13.3. The van der Waals surface area contributed by atoms with E-state index >= 15 is 0 Å². The van der Waals surface area contributed by atoms with Gasteiger partial charge in [0, 0.05) is 40.0 Å². The first kappa shape index (κ1) is 23.2. The molecule has 1 aromatic heterocycles. The lowest BCUT2D eigenvalue weighted by Crippen LogP contribution is -2.35. The number of aromatic nitrogens is 2. The highest BCUT2D eigenvalue weighted by atomic mass is 35.5. The number of hydrogen-bond acceptors (Lipinski definition) is 5. The first-order valence-electron chi connectivity index (χ1n) is 11.0. The van der Waals surface area contributed by atoms with Gasteiger partial charge in [0.15, 0.2) is 0 Å². The van der Waals surface area contributed by atoms with Crippen LogP contribution in [0.25, 0.3) is 5.69 Å². The molecule has 178 valence electrons. The second-order valence-electron chi connectivity index (χ2n) is 8.34. The van der Waals surface area contributed by atoms with Crippen molar-refractivity contribution in [2.75, 3.05) is 18.4 Å². The number of nitrogens with zero attached hydrogens (tertiary/aromatic N) is 3. The van der Waals surface area contributed by atoms with Crippen molar-refractivity contribution in [3.63, 3.8) is 0 Å². The fourth-order valence-electron chi connectivity index (χ4n) is 4.26. The predicted molar refractivity (Wildman–Crippen MR) is 131 cm³/mol. The monoisotopic (exact) mass is 518 g/mol. The first-order valence-corrected chi connectivity index (χ1v) is 14.3. The van der Waals surface area contributed by atoms with Crippen LogP contribution in [0, 0.1) is 0 Å². The van der Waals surface area contributed by atoms with E-state index in [0.717, 1.165) is 24.8 Å². The molecule has 1 saturated heterocycles. The Morgan fingerprint density at radius 2 is 1.76 bits per heavy atom. The Hall–Kier alpha value is -2.53. The lowest BCUT2D eigenvalue weighted by Gasteiger charge is -2.25. The lowest BCUT2D eigenvalue weighted by atomic mass is 10.2. The number of hydrogen-bond donors (Lipinski definition) is 1. The minimum Gasteiger partial charge on any atom is -0.306 e. The van der Waals surface area contributed by atoms with Crippen LogP contribution in [-0.4, -0.2) is 45.7 Å². The molecule has 8 nitrogen and oxygen atoms in total. The molecular weight excluding hydrogens is 496 g/mol. The summed E-state index contributed by atoms with van der Waals surface area (Å²) < 4.78 is 41.0. The van der Waals surface area contributed by atoms with Crippen LogP contribution in [0.15, 0.2) is 53.4 Å². The molecule has 5 rings (SSSR count). The van der Waals surface area contributed by atoms with Crippen molar-refractivity contribution in [1.29, 1.82) is 0 Å². The SMILES string of the molecule is O=C(Nc1c2c(nn1-c1cccc(Cl)c1)CS(=O)C2)c1ccc(S(=O)(=O)N2CCCCC2)cc1. The summed E-state index contributed by atoms with van der Waals surface area (Å²) in [5.74, 6) is 0.664. The van der Waals surface area contributed by atoms with Gasteiger partial charge in [0.1, 0.15) is 5.82 Å². The third-order valence-corrected chi connectivity index (χ3v) is 9.38. The highest BCUT2D eigenvalue weighted by molar-refractivity contribution is 7.89. The molecule has 1 atom stereocenters. The number of fused-ring (bicyclic) bond motifs is 1. The lowest BCUT2D eigenvalue weighted by molar-refractivity contribution is 0.102. The van der Waals surface area contributed by atoms with Gasteiger partial charge in [0.05, 0.1) is 27.8 Å². The van der Waals surface area contributed by atoms with Gasteiger partial charge in [-0.3, -0.25) is 9.00 Å². The minimum atomic E-state index is -3.57. The van der Waals surface area contributed by atoms with Crippen molar-refractivity contribution in [1.82, 2.24) is 14.1 Å². The number of amides is 1. The number of anilines is 1. The summed E-state index contributed by atoms with van der Waals surface area (Å²) in [7, 11) is -4.64. The fraction of sp³-hybridized carbons (Fsp3) is 0.304. The zero-order valence-electron chi connectivity index (χ0n) is 18.2. The molecule has 2 aromatic carbocycles. The van der Waals surface area contributed by atoms with E-state index in [2.05, 4.69) is 10.4 Å². The van der Waals surface area contributed by atoms with Crippen molar-refractivity contribution >= 4 is 44.1 Å². The standard InChI is InChI=1S/C23H23ClN4O4S2/c24-17-5-4-6-18(13-17)28-22(20-14-33(30)15-21(20)26-28)25-23(29)16-7-9-19(10-8-16)34(31,32)27-11-2-1-3-12-27/h4-10,13H,1-3,11-12,14-15H2,(H,25,29). The molecule has 2 aliphatic rings. The Morgan fingerprint density at radius 3 is 2.47 bits per heavy atom. The summed E-state index contributed by atoms with van der Waals surface area (Å²) in [5.41, 5.74) is 2.39. The van der Waals surface area contributed by atoms with Crippen molar-refractivity contribution in [2.45, 2.75) is 35.7 Å². The number of rotatable bonds is 5. The fourth-order valence-corrected chi connectivity index (χ4v) is 7.23. The molecule has 1 unspecified atom stereocenters. The third-order valence-electron chi connectivity index (χ3n) is 6.02. The van der Waals surface area contributed by atoms with Crippen molar-refractivity contribution in [3.8, 4) is 5.69 Å². The van der Waals surface area contributed by atoms with Crippen LogP contribution in [0.4, 0.5) is 5.82 Å². The van der Waals surface area contributed by atoms with E-state index in [0.29, 0.717) is 52.4 Å². The van der Waals surface area contributed by atoms with Crippen LogP contribution < -0.4 is 5.32 Å². The second kappa shape index (κ2) is 9.26. The van der Waals surface area contributed by atoms with Gasteiger partial charge in [-0.1, -0.05) is 24.1 Å². The van der Waals surface area contributed by atoms with E-state index in [9.17, 15) is 17.4 Å². The number of nitrogens with one attached hydrogen (secondary N) is 1. The zero-order valence-corrected chi connectivity index (χ0v) is 20.6. The molecular formula is C23H23ClN4O4S2. The summed E-state index contributed by atoms with van der Waals surface area (Å²) in [6.07, 6.45) is 2.75. The molecule has 1 amide bonds. The number of carbonyl (C=O) groups is 1. The average molecular weight is 519 g/mol. The van der Waals surface area contributed by atoms with Gasteiger partial charge < -0.3 is 5.32 Å². The summed E-state index contributed by atoms with van der Waals surface area (Å²) in [6.45, 7) is 1.04. The number of halogens is 1. The predicted octanol–water partition coefficient (Wildman–Crippen LogP) is 3.71. The molecule has 0 aliphatic carbocycles. The molecule has 0 radical (unpaired) electrons. The van der Waals surface area contributed by atoms with E-state index in [1.165, 1.54) is 28.6 Å². The Morgan fingerprint density at radius 1 is 1.03 bits per heavy atom. The molecule has 1 fully saturated rings. The van der Waals surface area contributed by atoms with Gasteiger partial charge in [0.25, 0.3) is 5.91 Å². The minimum absolute atomic E-state index is 0.172. The molecule has 1 N–H and O–H groups in total. The molecule has 11 heteroatoms. The van der Waals surface area contributed by atoms with E-state index in [1.54, 1.807) is 22.9 Å². The molecule has 0 saturated carbocycles. The van der Waals surface area contributed by atoms with Crippen LogP contribution in [-0.2, 0) is 32.3 Å². The van der Waals surface area contributed by atoms with E-state index in [4.69, 9.17) is 11.6 Å². The van der Waals surface area contributed by atoms with Crippen molar-refractivity contribution < 1.29 is 17.4 Å². The number of carbonyl (C=O) groups excluding carboxylic acids is 1. The van der Waals surface area contributed by atoms with Crippen LogP contribution in [0.5, 0.6) is 0 Å². The van der Waals surface area contributed by atoms with Crippen LogP contribution in [0.1, 0.15) is 40.9 Å². The maximum atomic E-state index is 13.1. The maximum absolute atomic E-state index is 13.1. The Bertz CT molecular complexity index is 1380. The van der Waals surface area contributed by atoms with Gasteiger partial charge in [-0.2, -0.15) is 9.40 Å². The van der Waals surface area contributed by atoms with Crippen LogP contribution >= 0.6 is 11.6 Å². The number of piperidine rings is 1. The number of benzene rings is 2. The van der Waals surface area contributed by atoms with Gasteiger partial charge >= 0.3 is 0 Å². The van der Waals surface area contributed by atoms with Gasteiger partial charge in [-0.15, -0.1) is 0 Å². The Kier molecular flexibility index (Phi) is 6.32. The summed E-state index contributed by atoms with van der Waals surface area (Å²) >= 11 is 6.14. The summed E-state index contributed by atoms with van der Waals surface area (Å²) in [6, 6.07) is 13.0. The van der Waals surface area contributed by atoms with Crippen molar-refractivity contribution in [2.24, 2.45) is 0 Å². The smallest absolute Gasteiger partial charge is 0.256 e. The average Bonchev–Trinajstić information content (AvgIpc) is 3.36. The van der Waals surface area contributed by atoms with Crippen molar-refractivity contribution in [3.05, 3.63) is 70.4 Å². The van der Waals surface area contributed by atoms with E-state index in [-0.39, 0.29) is 4.90 Å². The quantitative estimate of drug-likeness (QED) is 0.554. The highest BCUT2D eigenvalue weighted by Gasteiger charge is 2.29. The van der Waals surface area contributed by atoms with Gasteiger partial charge in [0.2, 0.25) is 10.0 Å². The number of sulfonamides is 1. The molecule has 34 heavy (non-hydrogen) atoms. The second-order valence-corrected chi connectivity index (χ2v) is 12.2. The molecule has 2 aliphatic heterocycles. The molecule has 0 spiro atoms. The molecule has 3 aromatic rings. The first-order chi connectivity index (χ1) is 16.3.